The summed E-state index contributed by atoms with van der Waals surface area (Å²) in [6.07, 6.45) is 14.2. The van der Waals surface area contributed by atoms with Crippen molar-refractivity contribution in [2.75, 3.05) is 6.54 Å². The molecule has 0 fully saturated rings. The number of aromatic hydroxyl groups is 4. The lowest BCUT2D eigenvalue weighted by Crippen LogP contribution is -2.11. The molecule has 0 saturated heterocycles. The van der Waals surface area contributed by atoms with Gasteiger partial charge >= 0.3 is 0 Å². The zero-order valence-corrected chi connectivity index (χ0v) is 53.5. The van der Waals surface area contributed by atoms with Gasteiger partial charge in [-0.1, -0.05) is 140 Å². The standard InChI is InChI=1S/C22H20FNO2.2C20H18N2O2.C19H18N2O2/c1-14-9-18(12-19(23)10-14)15-5-7-21(16-3-2-4-20(25)13-16)17(11-15)6-8-22(24)26;21-20(24)9-7-16-11-14(17-4-2-10-22-13-17)6-8-19(16)15-3-1-5-18(23)12-15;21-20(24)7-5-17-12-15(14-8-10-22-11-9-14)4-6-19(17)16-2-1-3-18(23)13-16;20-19(23)7-5-15-10-13(16-8-9-21-12-16)4-6-18(15)14-2-1-3-17(22)11-14/h2-5,7,9-13,25H,6,8H2,1H3,(H2,24,26);1-6,8,10-13,23H,7,9H2,(H2,21,24);1-4,6,8-13,23H,5,7H2,(H2,21,24);1-4,6,8,10-12,22H,5,7,9H2,(H2,20,23). The topological polar surface area (TPSA) is 291 Å². The number of rotatable bonds is 20. The second kappa shape index (κ2) is 33.5. The Morgan fingerprint density at radius 2 is 0.742 bits per heavy atom. The van der Waals surface area contributed by atoms with Crippen LogP contribution in [0.15, 0.2) is 248 Å². The van der Waals surface area contributed by atoms with E-state index in [-0.39, 0.29) is 71.7 Å². The number of halogens is 1. The van der Waals surface area contributed by atoms with E-state index in [1.807, 2.05) is 128 Å². The summed E-state index contributed by atoms with van der Waals surface area (Å²) in [7, 11) is 0. The van der Waals surface area contributed by atoms with Crippen molar-refractivity contribution >= 4 is 35.4 Å². The van der Waals surface area contributed by atoms with Crippen molar-refractivity contribution in [3.05, 3.63) is 282 Å². The number of aryl methyl sites for hydroxylation is 5. The highest BCUT2D eigenvalue weighted by Crippen LogP contribution is 2.36. The fourth-order valence-electron chi connectivity index (χ4n) is 11.3. The third kappa shape index (κ3) is 20.1. The lowest BCUT2D eigenvalue weighted by Gasteiger charge is -2.13. The maximum absolute atomic E-state index is 13.8. The summed E-state index contributed by atoms with van der Waals surface area (Å²) < 4.78 is 13.8. The van der Waals surface area contributed by atoms with Crippen LogP contribution in [0, 0.1) is 12.7 Å². The summed E-state index contributed by atoms with van der Waals surface area (Å²) in [6, 6.07) is 65.1. The molecule has 0 aliphatic carbocycles. The number of allylic oxidation sites excluding steroid dienone is 1. The van der Waals surface area contributed by atoms with Gasteiger partial charge in [0.2, 0.25) is 23.6 Å². The number of phenolic OH excluding ortho intramolecular Hbond substituents is 4. The average Bonchev–Trinajstić information content (AvgIpc) is 1.23. The highest BCUT2D eigenvalue weighted by atomic mass is 19.1. The van der Waals surface area contributed by atoms with E-state index in [1.165, 1.54) is 12.1 Å². The van der Waals surface area contributed by atoms with Crippen molar-refractivity contribution in [3.8, 4) is 101 Å². The number of aromatic nitrogens is 2. The number of benzene rings is 9. The number of carbonyl (C=O) groups excluding carboxylic acids is 4. The summed E-state index contributed by atoms with van der Waals surface area (Å²) in [5, 5.41) is 38.9. The molecule has 3 heterocycles. The smallest absolute Gasteiger partial charge is 0.217 e. The summed E-state index contributed by atoms with van der Waals surface area (Å²) in [4.78, 5) is 57.2. The molecule has 0 radical (unpaired) electrons. The molecule has 2 aromatic heterocycles. The fourth-order valence-corrected chi connectivity index (χ4v) is 11.3. The molecule has 1 aliphatic heterocycles. The predicted octanol–water partition coefficient (Wildman–Crippen LogP) is 14.6. The maximum Gasteiger partial charge on any atom is 0.217 e. The van der Waals surface area contributed by atoms with Crippen LogP contribution in [0.25, 0.3) is 83.5 Å². The van der Waals surface area contributed by atoms with Gasteiger partial charge in [-0.25, -0.2) is 4.39 Å². The van der Waals surface area contributed by atoms with Gasteiger partial charge in [-0.3, -0.25) is 34.1 Å². The van der Waals surface area contributed by atoms with Gasteiger partial charge in [-0.05, 0) is 228 Å². The third-order valence-corrected chi connectivity index (χ3v) is 16.0. The number of nitrogens with zero attached hydrogens (tertiary/aromatic N) is 3. The molecule has 0 spiro atoms. The first-order valence-electron chi connectivity index (χ1n) is 31.4. The van der Waals surface area contributed by atoms with E-state index in [4.69, 9.17) is 22.9 Å². The monoisotopic (exact) mass is 1290 g/mol. The Kier molecular flexibility index (Phi) is 23.9. The van der Waals surface area contributed by atoms with E-state index < -0.39 is 0 Å². The third-order valence-electron chi connectivity index (χ3n) is 16.0. The molecule has 15 nitrogen and oxygen atoms in total. The summed E-state index contributed by atoms with van der Waals surface area (Å²) in [6.45, 7) is 2.56. The maximum atomic E-state index is 13.8. The van der Waals surface area contributed by atoms with Crippen LogP contribution in [0.1, 0.15) is 59.1 Å². The number of nitrogens with two attached hydrogens (primary N) is 4. The number of carbonyl (C=O) groups is 4. The molecule has 12 N–H and O–H groups in total. The quantitative estimate of drug-likeness (QED) is 0.0357. The van der Waals surface area contributed by atoms with Crippen LogP contribution in [0.5, 0.6) is 23.0 Å². The second-order valence-electron chi connectivity index (χ2n) is 23.2. The Bertz CT molecular complexity index is 4510. The first kappa shape index (κ1) is 69.1. The minimum atomic E-state index is -0.376. The van der Waals surface area contributed by atoms with Crippen LogP contribution < -0.4 is 22.9 Å². The molecular weight excluding hydrogens is 1220 g/mol. The van der Waals surface area contributed by atoms with E-state index in [2.05, 4.69) is 39.2 Å². The Morgan fingerprint density at radius 3 is 1.09 bits per heavy atom. The molecule has 12 rings (SSSR count). The lowest BCUT2D eigenvalue weighted by atomic mass is 9.92. The van der Waals surface area contributed by atoms with Gasteiger partial charge in [-0.15, -0.1) is 0 Å². The Balaban J connectivity index is 0.000000152. The zero-order chi connectivity index (χ0) is 68.8. The number of hydrogen-bond donors (Lipinski definition) is 8. The number of amides is 4. The van der Waals surface area contributed by atoms with Crippen LogP contribution in [-0.4, -0.2) is 66.8 Å². The van der Waals surface area contributed by atoms with Crippen molar-refractivity contribution < 1.29 is 44.0 Å². The Labute approximate surface area is 562 Å². The minimum absolute atomic E-state index is 0.174. The van der Waals surface area contributed by atoms with E-state index in [1.54, 1.807) is 91.5 Å². The van der Waals surface area contributed by atoms with Crippen molar-refractivity contribution in [3.63, 3.8) is 0 Å². The largest absolute Gasteiger partial charge is 0.508 e. The van der Waals surface area contributed by atoms with Gasteiger partial charge in [0.05, 0.1) is 6.54 Å². The number of aliphatic imine (C=N–C) groups is 1. The van der Waals surface area contributed by atoms with Crippen LogP contribution in [0.3, 0.4) is 0 Å². The molecule has 0 bridgehead atoms. The summed E-state index contributed by atoms with van der Waals surface area (Å²) >= 11 is 0. The van der Waals surface area contributed by atoms with Gasteiger partial charge in [0, 0.05) is 56.7 Å². The predicted molar refractivity (Wildman–Crippen MR) is 382 cm³/mol. The SMILES string of the molecule is Cc1cc(F)cc(-c2ccc(-c3cccc(O)c3)c(CCC(N)=O)c2)c1.NC(=O)CCc1cc(-c2cccnc2)ccc1-c1cccc(O)c1.NC(=O)CCc1cc(-c2ccncc2)ccc1-c1cccc(O)c1.NC(=O)CCc1cc(C2=CCN=C2)ccc1-c1cccc(O)c1. The molecule has 16 heteroatoms. The molecule has 1 aliphatic rings. The molecule has 97 heavy (non-hydrogen) atoms. The van der Waals surface area contributed by atoms with Gasteiger partial charge in [-0.2, -0.15) is 0 Å². The first-order valence-corrected chi connectivity index (χ1v) is 31.4. The van der Waals surface area contributed by atoms with E-state index >= 15 is 0 Å². The lowest BCUT2D eigenvalue weighted by molar-refractivity contribution is -0.118. The number of hydrogen-bond acceptors (Lipinski definition) is 11. The van der Waals surface area contributed by atoms with Gasteiger partial charge in [0.25, 0.3) is 0 Å². The molecule has 0 unspecified atom stereocenters. The van der Waals surface area contributed by atoms with Crippen molar-refractivity contribution in [2.24, 2.45) is 27.9 Å². The minimum Gasteiger partial charge on any atom is -0.508 e. The van der Waals surface area contributed by atoms with Gasteiger partial charge < -0.3 is 43.4 Å². The summed E-state index contributed by atoms with van der Waals surface area (Å²) in [5.74, 6) is -0.814. The van der Waals surface area contributed by atoms with E-state index in [0.717, 1.165) is 117 Å². The summed E-state index contributed by atoms with van der Waals surface area (Å²) in [5.41, 5.74) is 41.6. The van der Waals surface area contributed by atoms with Crippen LogP contribution >= 0.6 is 0 Å². The zero-order valence-electron chi connectivity index (χ0n) is 53.5. The van der Waals surface area contributed by atoms with Crippen LogP contribution in [-0.2, 0) is 44.9 Å². The highest BCUT2D eigenvalue weighted by molar-refractivity contribution is 6.11. The molecule has 11 aromatic rings. The molecular formula is C81H74FN7O8. The normalized spacial score (nSPS) is 11.2. The molecule has 488 valence electrons. The van der Waals surface area contributed by atoms with E-state index in [9.17, 15) is 44.0 Å². The number of pyridine rings is 2. The first-order chi connectivity index (χ1) is 46.8. The van der Waals surface area contributed by atoms with Crippen molar-refractivity contribution in [1.82, 2.24) is 9.97 Å². The van der Waals surface area contributed by atoms with Gasteiger partial charge in [0.15, 0.2) is 0 Å². The number of primary amides is 4. The van der Waals surface area contributed by atoms with Gasteiger partial charge in [0.1, 0.15) is 28.8 Å². The average molecular weight is 1290 g/mol. The second-order valence-corrected chi connectivity index (χ2v) is 23.2. The fraction of sp³-hybridized carbons (Fsp3) is 0.123. The Hall–Kier alpha value is -12.3. The molecule has 0 saturated carbocycles. The molecule has 0 atom stereocenters. The highest BCUT2D eigenvalue weighted by Gasteiger charge is 2.16. The molecule has 4 amide bonds. The van der Waals surface area contributed by atoms with Crippen molar-refractivity contribution in [1.29, 1.82) is 0 Å². The van der Waals surface area contributed by atoms with E-state index in [0.29, 0.717) is 38.6 Å². The van der Waals surface area contributed by atoms with Crippen LogP contribution in [0.2, 0.25) is 0 Å². The van der Waals surface area contributed by atoms with Crippen molar-refractivity contribution in [2.45, 2.75) is 58.3 Å². The Morgan fingerprint density at radius 1 is 0.371 bits per heavy atom. The molecule has 9 aromatic carbocycles. The number of phenols is 4. The van der Waals surface area contributed by atoms with Crippen LogP contribution in [0.4, 0.5) is 4.39 Å².